The van der Waals surface area contributed by atoms with Gasteiger partial charge in [0.25, 0.3) is 0 Å². The quantitative estimate of drug-likeness (QED) is 0.878. The van der Waals surface area contributed by atoms with E-state index in [4.69, 9.17) is 0 Å². The molecular formula is C15H24FNO2S. The van der Waals surface area contributed by atoms with Crippen molar-refractivity contribution in [1.82, 2.24) is 5.32 Å². The Kier molecular flexibility index (Phi) is 5.33. The molecule has 3 nitrogen and oxygen atoms in total. The monoisotopic (exact) mass is 301 g/mol. The maximum absolute atomic E-state index is 13.3. The van der Waals surface area contributed by atoms with Crippen LogP contribution in [-0.4, -0.2) is 26.0 Å². The van der Waals surface area contributed by atoms with E-state index in [9.17, 15) is 12.8 Å². The average Bonchev–Trinajstić information content (AvgIpc) is 2.30. The zero-order valence-corrected chi connectivity index (χ0v) is 13.6. The summed E-state index contributed by atoms with van der Waals surface area (Å²) in [4.78, 5) is 0. The second-order valence-corrected chi connectivity index (χ2v) is 8.36. The smallest absolute Gasteiger partial charge is 0.154 e. The van der Waals surface area contributed by atoms with Crippen molar-refractivity contribution in [3.63, 3.8) is 0 Å². The lowest BCUT2D eigenvalue weighted by Gasteiger charge is -2.34. The number of hydrogen-bond acceptors (Lipinski definition) is 3. The molecule has 0 aromatic heterocycles. The first-order chi connectivity index (χ1) is 9.11. The lowest BCUT2D eigenvalue weighted by Crippen LogP contribution is -2.45. The SMILES string of the molecule is CCCNC(c1ccc(F)cc1C)C(C)(C)S(C)(=O)=O. The number of rotatable bonds is 6. The lowest BCUT2D eigenvalue weighted by atomic mass is 9.91. The molecule has 20 heavy (non-hydrogen) atoms. The molecule has 5 heteroatoms. The summed E-state index contributed by atoms with van der Waals surface area (Å²) < 4.78 is 36.5. The Balaban J connectivity index is 3.32. The Labute approximate surface area is 121 Å². The highest BCUT2D eigenvalue weighted by atomic mass is 32.2. The maximum atomic E-state index is 13.3. The van der Waals surface area contributed by atoms with E-state index >= 15 is 0 Å². The molecule has 0 aliphatic rings. The first-order valence-corrected chi connectivity index (χ1v) is 8.69. The molecule has 1 N–H and O–H groups in total. The van der Waals surface area contributed by atoms with Gasteiger partial charge in [0, 0.05) is 6.26 Å². The Morgan fingerprint density at radius 3 is 2.40 bits per heavy atom. The first-order valence-electron chi connectivity index (χ1n) is 6.80. The number of aryl methyl sites for hydroxylation is 1. The number of hydrogen-bond donors (Lipinski definition) is 1. The van der Waals surface area contributed by atoms with Crippen molar-refractivity contribution in [2.75, 3.05) is 12.8 Å². The van der Waals surface area contributed by atoms with Gasteiger partial charge >= 0.3 is 0 Å². The van der Waals surface area contributed by atoms with Crippen LogP contribution in [0.4, 0.5) is 4.39 Å². The molecular weight excluding hydrogens is 277 g/mol. The zero-order chi connectivity index (χ0) is 15.6. The summed E-state index contributed by atoms with van der Waals surface area (Å²) in [6.45, 7) is 7.95. The molecule has 0 amide bonds. The van der Waals surface area contributed by atoms with Gasteiger partial charge in [-0.05, 0) is 57.0 Å². The molecule has 0 radical (unpaired) electrons. The van der Waals surface area contributed by atoms with Crippen LogP contribution in [0.5, 0.6) is 0 Å². The van der Waals surface area contributed by atoms with Crippen molar-refractivity contribution in [2.24, 2.45) is 0 Å². The molecule has 0 aliphatic heterocycles. The Morgan fingerprint density at radius 2 is 1.95 bits per heavy atom. The molecule has 1 unspecified atom stereocenters. The summed E-state index contributed by atoms with van der Waals surface area (Å²) >= 11 is 0. The molecule has 0 heterocycles. The number of sulfone groups is 1. The van der Waals surface area contributed by atoms with Gasteiger partial charge in [0.05, 0.1) is 10.8 Å². The van der Waals surface area contributed by atoms with Crippen molar-refractivity contribution in [1.29, 1.82) is 0 Å². The van der Waals surface area contributed by atoms with Gasteiger partial charge in [-0.15, -0.1) is 0 Å². The van der Waals surface area contributed by atoms with Gasteiger partial charge in [-0.25, -0.2) is 12.8 Å². The highest BCUT2D eigenvalue weighted by Crippen LogP contribution is 2.34. The minimum Gasteiger partial charge on any atom is -0.309 e. The molecule has 1 atom stereocenters. The summed E-state index contributed by atoms with van der Waals surface area (Å²) in [7, 11) is -3.26. The van der Waals surface area contributed by atoms with Gasteiger partial charge in [-0.3, -0.25) is 0 Å². The zero-order valence-electron chi connectivity index (χ0n) is 12.8. The normalized spacial score (nSPS) is 14.3. The number of nitrogens with one attached hydrogen (secondary N) is 1. The van der Waals surface area contributed by atoms with Crippen LogP contribution in [0.3, 0.4) is 0 Å². The van der Waals surface area contributed by atoms with Gasteiger partial charge in [0.15, 0.2) is 9.84 Å². The van der Waals surface area contributed by atoms with Crippen LogP contribution >= 0.6 is 0 Å². The van der Waals surface area contributed by atoms with E-state index in [1.807, 2.05) is 6.92 Å². The van der Waals surface area contributed by atoms with Crippen LogP contribution in [-0.2, 0) is 9.84 Å². The average molecular weight is 301 g/mol. The van der Waals surface area contributed by atoms with Crippen molar-refractivity contribution in [3.05, 3.63) is 35.1 Å². The van der Waals surface area contributed by atoms with E-state index in [0.717, 1.165) is 17.5 Å². The van der Waals surface area contributed by atoms with Crippen molar-refractivity contribution >= 4 is 9.84 Å². The van der Waals surface area contributed by atoms with E-state index < -0.39 is 14.6 Å². The van der Waals surface area contributed by atoms with Gasteiger partial charge in [-0.2, -0.15) is 0 Å². The second kappa shape index (κ2) is 6.22. The highest BCUT2D eigenvalue weighted by Gasteiger charge is 2.40. The third-order valence-electron chi connectivity index (χ3n) is 3.79. The molecule has 1 aromatic carbocycles. The van der Waals surface area contributed by atoms with Crippen LogP contribution < -0.4 is 5.32 Å². The van der Waals surface area contributed by atoms with Crippen molar-refractivity contribution in [2.45, 2.75) is 44.9 Å². The summed E-state index contributed by atoms with van der Waals surface area (Å²) in [6.07, 6.45) is 2.14. The summed E-state index contributed by atoms with van der Waals surface area (Å²) in [5.74, 6) is -0.308. The molecule has 114 valence electrons. The van der Waals surface area contributed by atoms with E-state index in [1.54, 1.807) is 26.8 Å². The minimum absolute atomic E-state index is 0.308. The topological polar surface area (TPSA) is 46.2 Å². The molecule has 1 rings (SSSR count). The highest BCUT2D eigenvalue weighted by molar-refractivity contribution is 7.92. The van der Waals surface area contributed by atoms with E-state index in [1.165, 1.54) is 18.4 Å². The van der Waals surface area contributed by atoms with Crippen molar-refractivity contribution < 1.29 is 12.8 Å². The fraction of sp³-hybridized carbons (Fsp3) is 0.600. The number of benzene rings is 1. The molecule has 0 saturated heterocycles. The number of halogens is 1. The van der Waals surface area contributed by atoms with Gasteiger partial charge in [-0.1, -0.05) is 13.0 Å². The van der Waals surface area contributed by atoms with E-state index in [0.29, 0.717) is 6.54 Å². The first kappa shape index (κ1) is 17.1. The molecule has 0 aliphatic carbocycles. The fourth-order valence-electron chi connectivity index (χ4n) is 2.20. The van der Waals surface area contributed by atoms with Crippen molar-refractivity contribution in [3.8, 4) is 0 Å². The van der Waals surface area contributed by atoms with Gasteiger partial charge in [0.2, 0.25) is 0 Å². The molecule has 0 saturated carbocycles. The van der Waals surface area contributed by atoms with Crippen LogP contribution in [0, 0.1) is 12.7 Å². The summed E-state index contributed by atoms with van der Waals surface area (Å²) in [6, 6.07) is 4.12. The Morgan fingerprint density at radius 1 is 1.35 bits per heavy atom. The molecule has 0 fully saturated rings. The standard InChI is InChI=1S/C15H24FNO2S/c1-6-9-17-14(15(3,4)20(5,18)19)13-8-7-12(16)10-11(13)2/h7-8,10,14,17H,6,9H2,1-5H3. The minimum atomic E-state index is -3.26. The maximum Gasteiger partial charge on any atom is 0.154 e. The van der Waals surface area contributed by atoms with Crippen LogP contribution in [0.1, 0.15) is 44.4 Å². The predicted molar refractivity (Wildman–Crippen MR) is 81.1 cm³/mol. The van der Waals surface area contributed by atoms with Crippen LogP contribution in [0.25, 0.3) is 0 Å². The molecule has 0 spiro atoms. The third kappa shape index (κ3) is 3.58. The third-order valence-corrected chi connectivity index (χ3v) is 5.94. The molecule has 0 bridgehead atoms. The largest absolute Gasteiger partial charge is 0.309 e. The lowest BCUT2D eigenvalue weighted by molar-refractivity contribution is 0.418. The van der Waals surface area contributed by atoms with Crippen LogP contribution in [0.2, 0.25) is 0 Å². The van der Waals surface area contributed by atoms with Gasteiger partial charge < -0.3 is 5.32 Å². The van der Waals surface area contributed by atoms with E-state index in [2.05, 4.69) is 5.32 Å². The van der Waals surface area contributed by atoms with Crippen LogP contribution in [0.15, 0.2) is 18.2 Å². The molecule has 1 aromatic rings. The van der Waals surface area contributed by atoms with E-state index in [-0.39, 0.29) is 11.9 Å². The Bertz CT molecular complexity index is 567. The predicted octanol–water partition coefficient (Wildman–Crippen LogP) is 3.00. The summed E-state index contributed by atoms with van der Waals surface area (Å²) in [5.41, 5.74) is 1.59. The second-order valence-electron chi connectivity index (χ2n) is 5.76. The Hall–Kier alpha value is -0.940. The van der Waals surface area contributed by atoms with Gasteiger partial charge in [0.1, 0.15) is 5.82 Å². The summed E-state index contributed by atoms with van der Waals surface area (Å²) in [5, 5.41) is 3.29. The fourth-order valence-corrected chi connectivity index (χ4v) is 2.83.